The molecule has 0 bridgehead atoms. The number of hydrogen-bond acceptors (Lipinski definition) is 5. The van der Waals surface area contributed by atoms with E-state index in [9.17, 15) is 8.42 Å². The van der Waals surface area contributed by atoms with E-state index in [1.54, 1.807) is 11.8 Å². The molecular weight excluding hydrogens is 220 g/mol. The van der Waals surface area contributed by atoms with Crippen LogP contribution in [0.1, 0.15) is 6.92 Å². The summed E-state index contributed by atoms with van der Waals surface area (Å²) in [6.45, 7) is 2.08. The molecule has 6 heteroatoms. The number of fused-ring (bicyclic) bond motifs is 1. The first-order valence-corrected chi connectivity index (χ1v) is 7.48. The second-order valence-corrected chi connectivity index (χ2v) is 7.05. The summed E-state index contributed by atoms with van der Waals surface area (Å²) < 4.78 is 22.7. The monoisotopic (exact) mass is 234 g/mol. The second kappa shape index (κ2) is 3.41. The molecule has 2 aliphatic heterocycles. The van der Waals surface area contributed by atoms with E-state index in [0.29, 0.717) is 0 Å². The molecule has 2 heterocycles. The summed E-state index contributed by atoms with van der Waals surface area (Å²) in [6, 6.07) is 0.0769. The van der Waals surface area contributed by atoms with Gasteiger partial charge in [0.2, 0.25) is 0 Å². The Morgan fingerprint density at radius 3 is 2.86 bits per heavy atom. The van der Waals surface area contributed by atoms with Gasteiger partial charge in [-0.3, -0.25) is 4.99 Å². The largest absolute Gasteiger partial charge is 0.348 e. The van der Waals surface area contributed by atoms with E-state index in [1.165, 1.54) is 0 Å². The molecule has 0 aliphatic carbocycles. The number of sulfone groups is 1. The summed E-state index contributed by atoms with van der Waals surface area (Å²) in [6.07, 6.45) is 0. The number of aliphatic imine (C=N–C) groups is 1. The molecule has 0 saturated carbocycles. The first-order chi connectivity index (χ1) is 6.53. The van der Waals surface area contributed by atoms with Crippen LogP contribution in [0.3, 0.4) is 0 Å². The van der Waals surface area contributed by atoms with Crippen molar-refractivity contribution in [2.24, 2.45) is 4.99 Å². The maximum absolute atomic E-state index is 11.4. The van der Waals surface area contributed by atoms with Crippen LogP contribution in [0.5, 0.6) is 0 Å². The molecule has 1 saturated heterocycles. The van der Waals surface area contributed by atoms with Gasteiger partial charge in [0.05, 0.1) is 23.6 Å². The fourth-order valence-corrected chi connectivity index (χ4v) is 4.67. The molecule has 0 spiro atoms. The highest BCUT2D eigenvalue weighted by Gasteiger charge is 2.44. The van der Waals surface area contributed by atoms with Gasteiger partial charge >= 0.3 is 0 Å². The van der Waals surface area contributed by atoms with E-state index in [2.05, 4.69) is 11.9 Å². The van der Waals surface area contributed by atoms with Gasteiger partial charge in [-0.25, -0.2) is 8.42 Å². The van der Waals surface area contributed by atoms with E-state index in [0.717, 1.165) is 10.9 Å². The third-order valence-corrected chi connectivity index (χ3v) is 5.28. The minimum atomic E-state index is -2.83. The van der Waals surface area contributed by atoms with Crippen molar-refractivity contribution < 1.29 is 8.42 Å². The summed E-state index contributed by atoms with van der Waals surface area (Å²) in [4.78, 5) is 6.46. The topological polar surface area (TPSA) is 49.7 Å². The number of thioether (sulfide) groups is 1. The highest BCUT2D eigenvalue weighted by molar-refractivity contribution is 8.13. The summed E-state index contributed by atoms with van der Waals surface area (Å²) in [5, 5.41) is 0.998. The van der Waals surface area contributed by atoms with Crippen LogP contribution in [-0.4, -0.2) is 54.9 Å². The van der Waals surface area contributed by atoms with Crippen molar-refractivity contribution in [2.45, 2.75) is 19.0 Å². The molecule has 2 aliphatic rings. The quantitative estimate of drug-likeness (QED) is 0.650. The van der Waals surface area contributed by atoms with Crippen molar-refractivity contribution in [3.8, 4) is 0 Å². The third kappa shape index (κ3) is 1.65. The Kier molecular flexibility index (Phi) is 2.51. The predicted octanol–water partition coefficient (Wildman–Crippen LogP) is 0.206. The lowest BCUT2D eigenvalue weighted by Gasteiger charge is -2.20. The van der Waals surface area contributed by atoms with E-state index in [4.69, 9.17) is 0 Å². The van der Waals surface area contributed by atoms with Gasteiger partial charge < -0.3 is 4.90 Å². The first-order valence-electron chi connectivity index (χ1n) is 4.67. The molecule has 0 radical (unpaired) electrons. The molecule has 1 fully saturated rings. The van der Waals surface area contributed by atoms with Gasteiger partial charge in [0, 0.05) is 7.05 Å². The van der Waals surface area contributed by atoms with Crippen molar-refractivity contribution in [3.05, 3.63) is 0 Å². The Hall–Kier alpha value is -0.230. The van der Waals surface area contributed by atoms with Crippen molar-refractivity contribution in [1.29, 1.82) is 0 Å². The fourth-order valence-electron chi connectivity index (χ4n) is 1.95. The fraction of sp³-hybridized carbons (Fsp3) is 0.875. The first kappa shape index (κ1) is 10.3. The Balaban J connectivity index is 2.18. The predicted molar refractivity (Wildman–Crippen MR) is 59.6 cm³/mol. The summed E-state index contributed by atoms with van der Waals surface area (Å²) in [5.41, 5.74) is 0. The average Bonchev–Trinajstić information content (AvgIpc) is 2.50. The number of rotatable bonds is 1. The maximum atomic E-state index is 11.4. The molecule has 0 unspecified atom stereocenters. The Morgan fingerprint density at radius 2 is 2.29 bits per heavy atom. The molecular formula is C8H14N2O2S2. The lowest BCUT2D eigenvalue weighted by atomic mass is 10.2. The van der Waals surface area contributed by atoms with Crippen LogP contribution in [0.4, 0.5) is 0 Å². The maximum Gasteiger partial charge on any atom is 0.159 e. The molecule has 0 N–H and O–H groups in total. The van der Waals surface area contributed by atoms with Gasteiger partial charge in [0.1, 0.15) is 0 Å². The molecule has 0 aromatic heterocycles. The van der Waals surface area contributed by atoms with Gasteiger partial charge in [-0.05, 0) is 5.75 Å². The third-order valence-electron chi connectivity index (χ3n) is 2.64. The molecule has 80 valence electrons. The Labute approximate surface area is 88.7 Å². The number of amidine groups is 1. The van der Waals surface area contributed by atoms with Crippen molar-refractivity contribution in [3.63, 3.8) is 0 Å². The summed E-state index contributed by atoms with van der Waals surface area (Å²) in [5.74, 6) is 1.48. The summed E-state index contributed by atoms with van der Waals surface area (Å²) in [7, 11) is -0.897. The second-order valence-electron chi connectivity index (χ2n) is 3.67. The highest BCUT2D eigenvalue weighted by Crippen LogP contribution is 2.29. The van der Waals surface area contributed by atoms with Gasteiger partial charge in [0.15, 0.2) is 15.0 Å². The smallest absolute Gasteiger partial charge is 0.159 e. The molecule has 2 rings (SSSR count). The van der Waals surface area contributed by atoms with Gasteiger partial charge in [-0.2, -0.15) is 0 Å². The molecule has 0 aromatic carbocycles. The van der Waals surface area contributed by atoms with Gasteiger partial charge in [-0.15, -0.1) is 0 Å². The molecule has 0 amide bonds. The molecule has 4 nitrogen and oxygen atoms in total. The number of nitrogens with zero attached hydrogens (tertiary/aromatic N) is 2. The van der Waals surface area contributed by atoms with E-state index >= 15 is 0 Å². The van der Waals surface area contributed by atoms with Crippen LogP contribution in [0.15, 0.2) is 4.99 Å². The van der Waals surface area contributed by atoms with Gasteiger partial charge in [0.25, 0.3) is 0 Å². The van der Waals surface area contributed by atoms with E-state index in [1.807, 2.05) is 11.9 Å². The molecule has 2 atom stereocenters. The summed E-state index contributed by atoms with van der Waals surface area (Å²) >= 11 is 1.68. The zero-order valence-electron chi connectivity index (χ0n) is 8.30. The van der Waals surface area contributed by atoms with Crippen molar-refractivity contribution in [2.75, 3.05) is 24.3 Å². The van der Waals surface area contributed by atoms with Crippen molar-refractivity contribution >= 4 is 26.8 Å². The average molecular weight is 234 g/mol. The van der Waals surface area contributed by atoms with Crippen LogP contribution in [-0.2, 0) is 9.84 Å². The number of likely N-dealkylation sites (N-methyl/N-ethyl adjacent to an activating group) is 1. The van der Waals surface area contributed by atoms with Crippen LogP contribution < -0.4 is 0 Å². The normalized spacial score (nSPS) is 34.4. The zero-order chi connectivity index (χ0) is 10.3. The minimum absolute atomic E-state index is 0.0148. The minimum Gasteiger partial charge on any atom is -0.348 e. The van der Waals surface area contributed by atoms with Crippen LogP contribution >= 0.6 is 11.8 Å². The number of hydrogen-bond donors (Lipinski definition) is 0. The molecule has 0 aromatic rings. The Morgan fingerprint density at radius 1 is 1.57 bits per heavy atom. The van der Waals surface area contributed by atoms with Crippen LogP contribution in [0.2, 0.25) is 0 Å². The lowest BCUT2D eigenvalue weighted by molar-refractivity contribution is 0.410. The van der Waals surface area contributed by atoms with Crippen LogP contribution in [0.25, 0.3) is 0 Å². The standard InChI is InChI=1S/C8H14N2O2S2/c1-3-13-8-9-6-4-14(11,12)5-7(6)10(8)2/h6-7H,3-5H2,1-2H3/t6-,7-/m1/s1. The SMILES string of the molecule is CCSC1=N[C@@H]2CS(=O)(=O)C[C@H]2N1C. The molecule has 14 heavy (non-hydrogen) atoms. The lowest BCUT2D eigenvalue weighted by Crippen LogP contribution is -2.35. The van der Waals surface area contributed by atoms with Gasteiger partial charge in [-0.1, -0.05) is 18.7 Å². The van der Waals surface area contributed by atoms with Crippen LogP contribution in [0, 0.1) is 0 Å². The van der Waals surface area contributed by atoms with Crippen molar-refractivity contribution in [1.82, 2.24) is 4.90 Å². The highest BCUT2D eigenvalue weighted by atomic mass is 32.2. The Bertz CT molecular complexity index is 364. The van der Waals surface area contributed by atoms with E-state index in [-0.39, 0.29) is 23.6 Å². The van der Waals surface area contributed by atoms with E-state index < -0.39 is 9.84 Å². The zero-order valence-corrected chi connectivity index (χ0v) is 9.94.